The quantitative estimate of drug-likeness (QED) is 0.235. The van der Waals surface area contributed by atoms with Crippen molar-refractivity contribution in [3.63, 3.8) is 0 Å². The van der Waals surface area contributed by atoms with E-state index in [9.17, 15) is 8.42 Å². The Morgan fingerprint density at radius 2 is 1.21 bits per heavy atom. The van der Waals surface area contributed by atoms with Crippen LogP contribution in [0.4, 0.5) is 0 Å². The molecular weight excluding hydrogens is 380 g/mol. The molecule has 0 unspecified atom stereocenters. The lowest BCUT2D eigenvalue weighted by atomic mass is 9.99. The van der Waals surface area contributed by atoms with E-state index < -0.39 is 16.2 Å². The van der Waals surface area contributed by atoms with Crippen molar-refractivity contribution in [3.05, 3.63) is 0 Å². The first-order valence-corrected chi connectivity index (χ1v) is 12.6. The van der Waals surface area contributed by atoms with Gasteiger partial charge in [0.15, 0.2) is 5.79 Å². The number of hydrogen-bond donors (Lipinski definition) is 1. The average Bonchev–Trinajstić information content (AvgIpc) is 2.89. The van der Waals surface area contributed by atoms with E-state index in [2.05, 4.69) is 11.1 Å². The SMILES string of the molecule is CCCCCCCC[C@H]1OC(C)(C)O[C@@H]1CCCCCCCCOS(=O)(=O)O. The van der Waals surface area contributed by atoms with Crippen LogP contribution >= 0.6 is 0 Å². The summed E-state index contributed by atoms with van der Waals surface area (Å²) in [5.41, 5.74) is 0. The summed E-state index contributed by atoms with van der Waals surface area (Å²) in [7, 11) is -4.29. The van der Waals surface area contributed by atoms with Crippen LogP contribution < -0.4 is 0 Å². The average molecular weight is 423 g/mol. The van der Waals surface area contributed by atoms with E-state index >= 15 is 0 Å². The molecule has 7 heteroatoms. The predicted molar refractivity (Wildman–Crippen MR) is 112 cm³/mol. The predicted octanol–water partition coefficient (Wildman–Crippen LogP) is 5.81. The third-order valence-corrected chi connectivity index (χ3v) is 5.71. The van der Waals surface area contributed by atoms with Gasteiger partial charge in [-0.25, -0.2) is 4.18 Å². The van der Waals surface area contributed by atoms with Gasteiger partial charge in [-0.3, -0.25) is 4.55 Å². The molecule has 1 N–H and O–H groups in total. The molecule has 0 radical (unpaired) electrons. The summed E-state index contributed by atoms with van der Waals surface area (Å²) in [5, 5.41) is 0. The second-order valence-corrected chi connectivity index (χ2v) is 9.52. The lowest BCUT2D eigenvalue weighted by Gasteiger charge is -2.16. The van der Waals surface area contributed by atoms with Crippen molar-refractivity contribution in [1.29, 1.82) is 0 Å². The summed E-state index contributed by atoms with van der Waals surface area (Å²) >= 11 is 0. The molecule has 0 bridgehead atoms. The molecule has 28 heavy (non-hydrogen) atoms. The molecule has 6 nitrogen and oxygen atoms in total. The summed E-state index contributed by atoms with van der Waals surface area (Å²) in [6.45, 7) is 6.32. The standard InChI is InChI=1S/C21H42O6S/c1-4-5-6-7-10-13-16-19-20(27-21(2,3)26-19)17-14-11-8-9-12-15-18-25-28(22,23)24/h19-20H,4-18H2,1-3H3,(H,22,23,24)/t19-,20-/m1/s1. The van der Waals surface area contributed by atoms with Crippen LogP contribution in [0.25, 0.3) is 0 Å². The van der Waals surface area contributed by atoms with E-state index in [1.807, 2.05) is 13.8 Å². The van der Waals surface area contributed by atoms with Gasteiger partial charge in [-0.05, 0) is 33.1 Å². The van der Waals surface area contributed by atoms with E-state index in [-0.39, 0.29) is 18.8 Å². The zero-order valence-electron chi connectivity index (χ0n) is 18.2. The van der Waals surface area contributed by atoms with E-state index in [1.165, 1.54) is 38.5 Å². The van der Waals surface area contributed by atoms with Crippen molar-refractivity contribution in [1.82, 2.24) is 0 Å². The van der Waals surface area contributed by atoms with E-state index in [1.54, 1.807) is 0 Å². The first-order valence-electron chi connectivity index (χ1n) is 11.2. The molecule has 1 aliphatic heterocycles. The van der Waals surface area contributed by atoms with Gasteiger partial charge in [0.1, 0.15) is 0 Å². The zero-order valence-corrected chi connectivity index (χ0v) is 19.0. The monoisotopic (exact) mass is 422 g/mol. The van der Waals surface area contributed by atoms with Crippen LogP contribution in [0.15, 0.2) is 0 Å². The first kappa shape index (κ1) is 25.8. The van der Waals surface area contributed by atoms with E-state index in [4.69, 9.17) is 14.0 Å². The minimum Gasteiger partial charge on any atom is -0.345 e. The van der Waals surface area contributed by atoms with Crippen molar-refractivity contribution in [2.24, 2.45) is 0 Å². The third-order valence-electron chi connectivity index (χ3n) is 5.24. The van der Waals surface area contributed by atoms with Crippen LogP contribution in [0.5, 0.6) is 0 Å². The normalized spacial score (nSPS) is 22.0. The smallest absolute Gasteiger partial charge is 0.345 e. The van der Waals surface area contributed by atoms with Crippen LogP contribution in [0.2, 0.25) is 0 Å². The van der Waals surface area contributed by atoms with Crippen LogP contribution in [-0.2, 0) is 24.1 Å². The molecule has 1 fully saturated rings. The van der Waals surface area contributed by atoms with Crippen LogP contribution in [-0.4, -0.2) is 37.6 Å². The molecule has 0 saturated carbocycles. The van der Waals surface area contributed by atoms with Crippen molar-refractivity contribution < 1.29 is 26.6 Å². The molecule has 0 aromatic rings. The topological polar surface area (TPSA) is 82.1 Å². The maximum absolute atomic E-state index is 10.4. The van der Waals surface area contributed by atoms with Gasteiger partial charge in [-0.15, -0.1) is 0 Å². The molecule has 0 aromatic heterocycles. The van der Waals surface area contributed by atoms with Gasteiger partial charge in [-0.1, -0.05) is 77.6 Å². The minimum atomic E-state index is -4.29. The highest BCUT2D eigenvalue weighted by molar-refractivity contribution is 7.80. The lowest BCUT2D eigenvalue weighted by molar-refractivity contribution is -0.147. The number of rotatable bonds is 17. The zero-order chi connectivity index (χ0) is 20.9. The lowest BCUT2D eigenvalue weighted by Crippen LogP contribution is -2.22. The summed E-state index contributed by atoms with van der Waals surface area (Å²) in [5.74, 6) is -0.468. The molecule has 168 valence electrons. The first-order chi connectivity index (χ1) is 13.2. The van der Waals surface area contributed by atoms with E-state index in [0.717, 1.165) is 44.9 Å². The van der Waals surface area contributed by atoms with Crippen molar-refractivity contribution in [2.75, 3.05) is 6.61 Å². The minimum absolute atomic E-state index is 0.0568. The van der Waals surface area contributed by atoms with Gasteiger partial charge in [0, 0.05) is 0 Å². The van der Waals surface area contributed by atoms with Crippen LogP contribution in [0, 0.1) is 0 Å². The molecule has 0 spiro atoms. The molecule has 0 amide bonds. The molecule has 1 heterocycles. The van der Waals surface area contributed by atoms with Gasteiger partial charge < -0.3 is 9.47 Å². The van der Waals surface area contributed by atoms with Crippen LogP contribution in [0.3, 0.4) is 0 Å². The molecule has 1 aliphatic rings. The number of ether oxygens (including phenoxy) is 2. The Bertz CT molecular complexity index is 491. The van der Waals surface area contributed by atoms with Gasteiger partial charge in [-0.2, -0.15) is 8.42 Å². The Morgan fingerprint density at radius 3 is 1.68 bits per heavy atom. The van der Waals surface area contributed by atoms with Crippen molar-refractivity contribution in [3.8, 4) is 0 Å². The summed E-state index contributed by atoms with van der Waals surface area (Å²) in [6, 6.07) is 0. The van der Waals surface area contributed by atoms with Crippen LogP contribution in [0.1, 0.15) is 111 Å². The maximum Gasteiger partial charge on any atom is 0.397 e. The largest absolute Gasteiger partial charge is 0.397 e. The summed E-state index contributed by atoms with van der Waals surface area (Å²) in [4.78, 5) is 0. The second kappa shape index (κ2) is 13.9. The highest BCUT2D eigenvalue weighted by Crippen LogP contribution is 2.33. The maximum atomic E-state index is 10.4. The summed E-state index contributed by atoms with van der Waals surface area (Å²) < 4.78 is 45.9. The highest BCUT2D eigenvalue weighted by Gasteiger charge is 2.40. The van der Waals surface area contributed by atoms with Gasteiger partial charge in [0.25, 0.3) is 0 Å². The molecular formula is C21H42O6S. The van der Waals surface area contributed by atoms with Crippen molar-refractivity contribution >= 4 is 10.4 Å². The fourth-order valence-corrected chi connectivity index (χ4v) is 4.17. The molecule has 1 rings (SSSR count). The Balaban J connectivity index is 2.10. The van der Waals surface area contributed by atoms with Crippen molar-refractivity contribution in [2.45, 2.75) is 129 Å². The highest BCUT2D eigenvalue weighted by atomic mass is 32.3. The molecule has 0 aromatic carbocycles. The van der Waals surface area contributed by atoms with Gasteiger partial charge in [0.05, 0.1) is 18.8 Å². The molecule has 0 aliphatic carbocycles. The Labute approximate surface area is 172 Å². The Hall–Kier alpha value is -0.210. The molecule has 1 saturated heterocycles. The fourth-order valence-electron chi connectivity index (χ4n) is 3.84. The second-order valence-electron chi connectivity index (χ2n) is 8.43. The Morgan fingerprint density at radius 1 is 0.786 bits per heavy atom. The number of hydrogen-bond acceptors (Lipinski definition) is 5. The number of unbranched alkanes of at least 4 members (excludes halogenated alkanes) is 10. The fraction of sp³-hybridized carbons (Fsp3) is 1.00. The Kier molecular flexibility index (Phi) is 12.8. The van der Waals surface area contributed by atoms with Gasteiger partial charge in [0.2, 0.25) is 0 Å². The van der Waals surface area contributed by atoms with Gasteiger partial charge >= 0.3 is 10.4 Å². The van der Waals surface area contributed by atoms with E-state index in [0.29, 0.717) is 6.42 Å². The summed E-state index contributed by atoms with van der Waals surface area (Å²) in [6.07, 6.45) is 16.3. The molecule has 2 atom stereocenters. The third kappa shape index (κ3) is 13.1.